The minimum atomic E-state index is -3.47. The SMILES string of the molecule is [2H]c1c([2H])c([C@@H]2C[C@@]2([2H])Nc2nc(SC([2H])([2H])C([2H])([2H])C)nc3c2nnn3[C@@H]2C[C@H](OC([2H])([2H])C([2H])([2H])O)[C@@H](O)[C@H]2O)c([2H])c(F)c1C. The lowest BCUT2D eigenvalue weighted by atomic mass is 10.1. The highest BCUT2D eigenvalue weighted by atomic mass is 32.2. The molecule has 2 aromatic heterocycles. The van der Waals surface area contributed by atoms with E-state index in [1.807, 2.05) is 0 Å². The molecule has 2 saturated carbocycles. The maximum Gasteiger partial charge on any atom is 0.191 e. The number of anilines is 1. The fourth-order valence-electron chi connectivity index (χ4n) is 4.05. The monoisotopic (exact) mass is 530 g/mol. The summed E-state index contributed by atoms with van der Waals surface area (Å²) in [4.78, 5) is 8.52. The molecule has 12 heteroatoms. The minimum absolute atomic E-state index is 0.0694. The van der Waals surface area contributed by atoms with Crippen molar-refractivity contribution >= 4 is 28.7 Å². The van der Waals surface area contributed by atoms with E-state index >= 15 is 0 Å². The molecule has 0 unspecified atom stereocenters. The van der Waals surface area contributed by atoms with E-state index in [9.17, 15) is 19.7 Å². The fraction of sp³-hybridized carbons (Fsp3) is 0.583. The smallest absolute Gasteiger partial charge is 0.191 e. The number of aliphatic hydroxyl groups excluding tert-OH is 2. The van der Waals surface area contributed by atoms with Crippen LogP contribution in [-0.2, 0) is 4.74 Å². The molecule has 4 N–H and O–H groups in total. The lowest BCUT2D eigenvalue weighted by Gasteiger charge is -2.17. The Bertz CT molecular complexity index is 1730. The van der Waals surface area contributed by atoms with E-state index in [0.717, 1.165) is 11.6 Å². The molecule has 0 aliphatic heterocycles. The van der Waals surface area contributed by atoms with Crippen molar-refractivity contribution in [1.29, 1.82) is 0 Å². The van der Waals surface area contributed by atoms with Crippen LogP contribution in [0.25, 0.3) is 11.2 Å². The molecule has 10 nitrogen and oxygen atoms in total. The number of thioether (sulfide) groups is 1. The number of hydrogen-bond donors (Lipinski definition) is 4. The molecule has 5 rings (SSSR count). The molecule has 194 valence electrons. The second-order valence-electron chi connectivity index (χ2n) is 8.30. The summed E-state index contributed by atoms with van der Waals surface area (Å²) in [5, 5.41) is 41.5. The van der Waals surface area contributed by atoms with Crippen LogP contribution < -0.4 is 5.32 Å². The number of nitrogens with one attached hydrogen (secondary N) is 1. The van der Waals surface area contributed by atoms with Crippen LogP contribution in [0.5, 0.6) is 0 Å². The second kappa shape index (κ2) is 10.5. The molecular weight excluding hydrogens is 487 g/mol. The molecule has 0 amide bonds. The van der Waals surface area contributed by atoms with Crippen molar-refractivity contribution in [2.45, 2.75) is 74.5 Å². The maximum atomic E-state index is 14.7. The molecule has 2 heterocycles. The Morgan fingerprint density at radius 1 is 1.33 bits per heavy atom. The zero-order chi connectivity index (χ0) is 36.1. The molecule has 2 aliphatic rings. The summed E-state index contributed by atoms with van der Waals surface area (Å²) in [6.07, 6.45) is -7.97. The van der Waals surface area contributed by atoms with E-state index < -0.39 is 91.9 Å². The lowest BCUT2D eigenvalue weighted by molar-refractivity contribution is -0.0629. The van der Waals surface area contributed by atoms with E-state index in [-0.39, 0.29) is 51.4 Å². The Hall–Kier alpha value is -2.38. The number of aromatic nitrogens is 5. The van der Waals surface area contributed by atoms with Crippen LogP contribution in [0.4, 0.5) is 10.2 Å². The number of nitrogens with zero attached hydrogens (tertiary/aromatic N) is 5. The normalized spacial score (nSPS) is 36.1. The molecule has 0 radical (unpaired) electrons. The van der Waals surface area contributed by atoms with Crippen LogP contribution >= 0.6 is 11.8 Å². The first-order chi connectivity index (χ1) is 21.8. The standard InChI is InChI=1S/C24H31FN6O4S/c1-3-8-36-24-27-22(26-16-10-14(16)13-5-4-12(2)15(25)9-13)19-23(28-24)31(30-29-19)17-11-18(35-7-6-32)21(34)20(17)33/h4-5,9,14,16-18,20-21,32-34H,3,6-8,10-11H2,1-2H3,(H,26,27,28)/t14-,16+,17+,18-,20-,21+/m0/s1/i3D2,4D,5D,6D2,7D2,8D2,9D,16D. The summed E-state index contributed by atoms with van der Waals surface area (Å²) in [5.74, 6) is -2.19. The van der Waals surface area contributed by atoms with Gasteiger partial charge < -0.3 is 25.4 Å². The number of hydrogen-bond acceptors (Lipinski definition) is 10. The quantitative estimate of drug-likeness (QED) is 0.228. The zero-order valence-corrected chi connectivity index (χ0v) is 19.9. The zero-order valence-electron chi connectivity index (χ0n) is 31.1. The largest absolute Gasteiger partial charge is 0.394 e. The minimum Gasteiger partial charge on any atom is -0.394 e. The molecule has 2 fully saturated rings. The van der Waals surface area contributed by atoms with Gasteiger partial charge in [0, 0.05) is 29.5 Å². The van der Waals surface area contributed by atoms with Crippen LogP contribution in [-0.4, -0.2) is 83.4 Å². The molecule has 0 spiro atoms. The number of ether oxygens (including phenoxy) is 1. The van der Waals surface area contributed by atoms with Gasteiger partial charge in [0.2, 0.25) is 0 Å². The van der Waals surface area contributed by atoms with Gasteiger partial charge in [0.25, 0.3) is 0 Å². The summed E-state index contributed by atoms with van der Waals surface area (Å²) in [6, 6.07) is -4.48. The van der Waals surface area contributed by atoms with Crippen molar-refractivity contribution in [3.63, 3.8) is 0 Å². The van der Waals surface area contributed by atoms with Crippen molar-refractivity contribution in [1.82, 2.24) is 25.0 Å². The van der Waals surface area contributed by atoms with Crippen molar-refractivity contribution in [2.24, 2.45) is 0 Å². The first kappa shape index (κ1) is 14.5. The first-order valence-corrected chi connectivity index (χ1v) is 11.7. The molecule has 36 heavy (non-hydrogen) atoms. The van der Waals surface area contributed by atoms with Crippen LogP contribution in [0.15, 0.2) is 23.3 Å². The summed E-state index contributed by atoms with van der Waals surface area (Å²) in [5.41, 5.74) is -3.34. The average Bonchev–Trinajstić information content (AvgIpc) is 3.27. The number of halogens is 1. The van der Waals surface area contributed by atoms with Gasteiger partial charge >= 0.3 is 0 Å². The van der Waals surface area contributed by atoms with E-state index in [0.29, 0.717) is 0 Å². The van der Waals surface area contributed by atoms with Gasteiger partial charge in [-0.1, -0.05) is 36.0 Å². The van der Waals surface area contributed by atoms with Gasteiger partial charge in [-0.05, 0) is 36.9 Å². The van der Waals surface area contributed by atoms with E-state index in [1.165, 1.54) is 6.92 Å². The van der Waals surface area contributed by atoms with Crippen molar-refractivity contribution < 1.29 is 40.9 Å². The van der Waals surface area contributed by atoms with Gasteiger partial charge in [-0.2, -0.15) is 0 Å². The molecule has 1 aromatic carbocycles. The topological polar surface area (TPSA) is 138 Å². The fourth-order valence-corrected chi connectivity index (χ4v) is 4.52. The highest BCUT2D eigenvalue weighted by Crippen LogP contribution is 2.44. The summed E-state index contributed by atoms with van der Waals surface area (Å²) < 4.78 is 117. The molecule has 0 saturated heterocycles. The Morgan fingerprint density at radius 2 is 2.17 bits per heavy atom. The third-order valence-corrected chi connectivity index (χ3v) is 6.66. The summed E-state index contributed by atoms with van der Waals surface area (Å²) in [7, 11) is 0. The van der Waals surface area contributed by atoms with Crippen molar-refractivity contribution in [2.75, 3.05) is 24.1 Å². The average molecular weight is 531 g/mol. The van der Waals surface area contributed by atoms with Crippen LogP contribution in [0.1, 0.15) is 65.7 Å². The first-order valence-electron chi connectivity index (χ1n) is 16.9. The number of aliphatic hydroxyl groups is 3. The van der Waals surface area contributed by atoms with Gasteiger partial charge in [-0.15, -0.1) is 5.10 Å². The Labute approximate surface area is 229 Å². The third-order valence-electron chi connectivity index (χ3n) is 5.99. The molecule has 6 atom stereocenters. The Kier molecular flexibility index (Phi) is 4.25. The van der Waals surface area contributed by atoms with Crippen LogP contribution in [0.2, 0.25) is 0 Å². The summed E-state index contributed by atoms with van der Waals surface area (Å²) in [6.45, 7) is -4.50. The molecule has 0 bridgehead atoms. The van der Waals surface area contributed by atoms with Crippen LogP contribution in [0.3, 0.4) is 0 Å². The second-order valence-corrected chi connectivity index (χ2v) is 9.08. The highest BCUT2D eigenvalue weighted by molar-refractivity contribution is 7.99. The molecule has 3 aromatic rings. The third kappa shape index (κ3) is 4.92. The predicted molar refractivity (Wildman–Crippen MR) is 133 cm³/mol. The number of fused-ring (bicyclic) bond motifs is 1. The Morgan fingerprint density at radius 3 is 2.94 bits per heavy atom. The molecular formula is C24H31FN6O4S. The summed E-state index contributed by atoms with van der Waals surface area (Å²) >= 11 is 0.279. The molecule has 2 aliphatic carbocycles. The van der Waals surface area contributed by atoms with Gasteiger partial charge in [0.15, 0.2) is 22.1 Å². The Balaban J connectivity index is 1.56. The highest BCUT2D eigenvalue weighted by Gasteiger charge is 2.45. The van der Waals surface area contributed by atoms with Gasteiger partial charge in [0.1, 0.15) is 18.0 Å². The van der Waals surface area contributed by atoms with Crippen LogP contribution in [0, 0.1) is 12.7 Å². The van der Waals surface area contributed by atoms with Gasteiger partial charge in [0.05, 0.1) is 36.2 Å². The van der Waals surface area contributed by atoms with Crippen molar-refractivity contribution in [3.8, 4) is 0 Å². The van der Waals surface area contributed by atoms with E-state index in [4.69, 9.17) is 21.2 Å². The number of rotatable bonds is 10. The van der Waals surface area contributed by atoms with E-state index in [2.05, 4.69) is 25.6 Å². The number of benzene rings is 1. The van der Waals surface area contributed by atoms with Crippen molar-refractivity contribution in [3.05, 3.63) is 35.1 Å². The van der Waals surface area contributed by atoms with Gasteiger partial charge in [-0.3, -0.25) is 0 Å². The predicted octanol–water partition coefficient (Wildman–Crippen LogP) is 2.18. The van der Waals surface area contributed by atoms with E-state index in [1.54, 1.807) is 0 Å². The lowest BCUT2D eigenvalue weighted by Crippen LogP contribution is -2.33. The maximum absolute atomic E-state index is 14.7. The van der Waals surface area contributed by atoms with Gasteiger partial charge in [-0.25, -0.2) is 19.0 Å².